The Bertz CT molecular complexity index is 1040. The third-order valence-corrected chi connectivity index (χ3v) is 4.52. The maximum Gasteiger partial charge on any atom is 0.219 e. The van der Waals surface area contributed by atoms with E-state index in [0.717, 1.165) is 0 Å². The van der Waals surface area contributed by atoms with Crippen molar-refractivity contribution in [1.82, 2.24) is 0 Å². The molecule has 5 nitrogen and oxygen atoms in total. The lowest BCUT2D eigenvalue weighted by Gasteiger charge is -2.17. The fourth-order valence-corrected chi connectivity index (χ4v) is 3.33. The fraction of sp³-hybridized carbons (Fsp3) is 0. The monoisotopic (exact) mass is 387 g/mol. The highest BCUT2D eigenvalue weighted by molar-refractivity contribution is 7.17. The number of hydrogen-bond donors (Lipinski definition) is 0. The highest BCUT2D eigenvalue weighted by Gasteiger charge is 2.08. The van der Waals surface area contributed by atoms with Gasteiger partial charge in [-0.1, -0.05) is 42.5 Å². The van der Waals surface area contributed by atoms with Gasteiger partial charge in [0.25, 0.3) is 0 Å². The molecule has 4 rings (SSSR count). The fourth-order valence-electron chi connectivity index (χ4n) is 2.54. The minimum atomic E-state index is -4.94. The first kappa shape index (κ1) is 18.5. The Kier molecular flexibility index (Phi) is 5.63. The van der Waals surface area contributed by atoms with Crippen LogP contribution in [0.4, 0.5) is 0 Å². The van der Waals surface area contributed by atoms with Gasteiger partial charge in [0, 0.05) is 22.9 Å². The van der Waals surface area contributed by atoms with Crippen LogP contribution in [0.3, 0.4) is 0 Å². The number of thiophene rings is 1. The van der Waals surface area contributed by atoms with E-state index in [1.54, 1.807) is 11.3 Å². The van der Waals surface area contributed by atoms with Gasteiger partial charge in [-0.25, -0.2) is 18.6 Å². The number of aromatic nitrogens is 1. The molecule has 0 radical (unpaired) electrons. The van der Waals surface area contributed by atoms with Crippen molar-refractivity contribution in [3.8, 4) is 0 Å². The molecule has 132 valence electrons. The van der Waals surface area contributed by atoms with Crippen LogP contribution in [0.5, 0.6) is 0 Å². The van der Waals surface area contributed by atoms with Crippen LogP contribution in [-0.2, 0) is 0 Å². The molecule has 0 saturated heterocycles. The lowest BCUT2D eigenvalue weighted by molar-refractivity contribution is -2.00. The molecule has 3 heterocycles. The topological polar surface area (TPSA) is 96.3 Å². The maximum absolute atomic E-state index is 8.49. The summed E-state index contributed by atoms with van der Waals surface area (Å²) in [6.45, 7) is 0. The molecule has 0 saturated carbocycles. The maximum atomic E-state index is 8.49. The Balaban J connectivity index is 0.000000349. The summed E-state index contributed by atoms with van der Waals surface area (Å²) in [5.41, 5.74) is 3.69. The van der Waals surface area contributed by atoms with Gasteiger partial charge in [-0.3, -0.25) is 0 Å². The second-order valence-corrected chi connectivity index (χ2v) is 7.09. The second-order valence-electron chi connectivity index (χ2n) is 5.39. The molecule has 0 aliphatic heterocycles. The first-order valence-electron chi connectivity index (χ1n) is 7.56. The lowest BCUT2D eigenvalue weighted by atomic mass is 10.1. The van der Waals surface area contributed by atoms with Gasteiger partial charge in [-0.2, -0.15) is 4.40 Å². The summed E-state index contributed by atoms with van der Waals surface area (Å²) in [6, 6.07) is 19.1. The van der Waals surface area contributed by atoms with E-state index < -0.39 is 10.2 Å². The molecule has 0 bridgehead atoms. The van der Waals surface area contributed by atoms with Gasteiger partial charge in [-0.05, 0) is 22.6 Å². The van der Waals surface area contributed by atoms with Crippen molar-refractivity contribution in [1.29, 1.82) is 0 Å². The van der Waals surface area contributed by atoms with Crippen molar-refractivity contribution in [3.63, 3.8) is 0 Å². The molecule has 0 amide bonds. The van der Waals surface area contributed by atoms with E-state index in [1.807, 2.05) is 6.07 Å². The summed E-state index contributed by atoms with van der Waals surface area (Å²) in [6.07, 6.45) is 8.57. The van der Waals surface area contributed by atoms with Crippen molar-refractivity contribution in [2.75, 3.05) is 0 Å². The summed E-state index contributed by atoms with van der Waals surface area (Å²) in [4.78, 5) is 0. The molecule has 0 unspecified atom stereocenters. The number of hydrogen-bond acceptors (Lipinski definition) is 5. The Labute approximate surface area is 156 Å². The number of fused-ring (bicyclic) bond motifs is 3. The smallest absolute Gasteiger partial charge is 0.219 e. The predicted octanol–water partition coefficient (Wildman–Crippen LogP) is 0.0544. The first-order chi connectivity index (χ1) is 12.4. The molecule has 0 atom stereocenters. The van der Waals surface area contributed by atoms with Gasteiger partial charge in [-0.15, -0.1) is 21.6 Å². The van der Waals surface area contributed by atoms with E-state index in [9.17, 15) is 0 Å². The Morgan fingerprint density at radius 1 is 0.808 bits per heavy atom. The summed E-state index contributed by atoms with van der Waals surface area (Å²) < 4.78 is 37.5. The van der Waals surface area contributed by atoms with Crippen molar-refractivity contribution in [2.45, 2.75) is 0 Å². The molecule has 0 aliphatic rings. The molecule has 0 fully saturated rings. The number of benzene rings is 1. The predicted molar refractivity (Wildman–Crippen MR) is 90.4 cm³/mol. The van der Waals surface area contributed by atoms with Crippen LogP contribution in [-0.4, -0.2) is 0 Å². The average Bonchev–Trinajstić information content (AvgIpc) is 3.08. The normalized spacial score (nSPS) is 11.7. The molecule has 4 aromatic rings. The SMILES string of the molecule is C(=C\c1cc[n+]2ccc3sccc3c2c1)/c1ccccc1.[O-][Cl+3]([O-])([O-])[O-]. The van der Waals surface area contributed by atoms with Crippen LogP contribution in [0.1, 0.15) is 11.1 Å². The molecule has 0 N–H and O–H groups in total. The van der Waals surface area contributed by atoms with Gasteiger partial charge < -0.3 is 0 Å². The number of nitrogens with zero attached hydrogens (tertiary/aromatic N) is 1. The van der Waals surface area contributed by atoms with Crippen LogP contribution in [0.25, 0.3) is 27.8 Å². The Morgan fingerprint density at radius 2 is 1.46 bits per heavy atom. The van der Waals surface area contributed by atoms with Crippen LogP contribution in [0.2, 0.25) is 0 Å². The molecule has 0 aliphatic carbocycles. The van der Waals surface area contributed by atoms with Crippen molar-refractivity contribution in [2.24, 2.45) is 0 Å². The van der Waals surface area contributed by atoms with Crippen LogP contribution < -0.4 is 23.0 Å². The number of rotatable bonds is 2. The summed E-state index contributed by atoms with van der Waals surface area (Å²) >= 11 is 1.79. The van der Waals surface area contributed by atoms with Crippen molar-refractivity contribution >= 4 is 39.1 Å². The lowest BCUT2D eigenvalue weighted by Crippen LogP contribution is -2.68. The zero-order chi connectivity index (χ0) is 18.6. The average molecular weight is 388 g/mol. The Morgan fingerprint density at radius 3 is 2.19 bits per heavy atom. The highest BCUT2D eigenvalue weighted by Crippen LogP contribution is 2.23. The molecule has 26 heavy (non-hydrogen) atoms. The van der Waals surface area contributed by atoms with E-state index in [2.05, 4.69) is 82.9 Å². The van der Waals surface area contributed by atoms with Gasteiger partial charge in [0.05, 0.1) is 5.39 Å². The second kappa shape index (κ2) is 7.92. The molecule has 1 aromatic carbocycles. The third kappa shape index (κ3) is 5.09. The zero-order valence-corrected chi connectivity index (χ0v) is 15.0. The minimum Gasteiger partial charge on any atom is -0.222 e. The minimum absolute atomic E-state index is 1.22. The van der Waals surface area contributed by atoms with Crippen molar-refractivity contribution < 1.29 is 33.3 Å². The van der Waals surface area contributed by atoms with Gasteiger partial charge >= 0.3 is 0 Å². The van der Waals surface area contributed by atoms with Crippen molar-refractivity contribution in [3.05, 3.63) is 83.5 Å². The summed E-state index contributed by atoms with van der Waals surface area (Å²) in [5, 5.41) is 3.47. The molecular weight excluding hydrogens is 374 g/mol. The standard InChI is InChI=1S/C19H14NS.ClHO4/c1-2-4-15(5-3-1)6-7-16-8-11-20-12-9-19-17(10-13-21-19)18(20)14-16;2-1(3,4)5/h1-14H;(H,2,3,4,5)/q+1;/p-1/b7-6+;. The van der Waals surface area contributed by atoms with Crippen LogP contribution in [0.15, 0.2) is 72.4 Å². The van der Waals surface area contributed by atoms with Gasteiger partial charge in [0.15, 0.2) is 12.4 Å². The van der Waals surface area contributed by atoms with E-state index >= 15 is 0 Å². The quantitative estimate of drug-likeness (QED) is 0.454. The Hall–Kier alpha value is -2.32. The van der Waals surface area contributed by atoms with E-state index in [0.29, 0.717) is 0 Å². The summed E-state index contributed by atoms with van der Waals surface area (Å²) in [5.74, 6) is 0. The third-order valence-electron chi connectivity index (χ3n) is 3.63. The first-order valence-corrected chi connectivity index (χ1v) is 9.68. The van der Waals surface area contributed by atoms with Gasteiger partial charge in [0.1, 0.15) is 0 Å². The molecule has 7 heteroatoms. The largest absolute Gasteiger partial charge is 0.222 e. The highest BCUT2D eigenvalue weighted by atomic mass is 35.7. The van der Waals surface area contributed by atoms with E-state index in [1.165, 1.54) is 26.7 Å². The number of pyridine rings is 2. The van der Waals surface area contributed by atoms with Crippen LogP contribution in [0, 0.1) is 10.2 Å². The van der Waals surface area contributed by atoms with E-state index in [4.69, 9.17) is 18.6 Å². The van der Waals surface area contributed by atoms with Gasteiger partial charge in [0.2, 0.25) is 5.52 Å². The zero-order valence-electron chi connectivity index (χ0n) is 13.4. The molecular formula is C19H14ClNO4S. The van der Waals surface area contributed by atoms with Crippen LogP contribution >= 0.6 is 11.3 Å². The van der Waals surface area contributed by atoms with E-state index in [-0.39, 0.29) is 0 Å². The molecule has 3 aromatic heterocycles. The molecule has 0 spiro atoms. The summed E-state index contributed by atoms with van der Waals surface area (Å²) in [7, 11) is -4.94. The number of halogens is 1.